The number of piperazine rings is 1. The molecule has 0 aromatic heterocycles. The molecule has 0 bridgehead atoms. The predicted molar refractivity (Wildman–Crippen MR) is 134 cm³/mol. The maximum atomic E-state index is 13.1. The van der Waals surface area contributed by atoms with Crippen LogP contribution in [0.5, 0.6) is 5.75 Å². The van der Waals surface area contributed by atoms with Gasteiger partial charge in [0.15, 0.2) is 0 Å². The van der Waals surface area contributed by atoms with E-state index in [1.54, 1.807) is 0 Å². The Kier molecular flexibility index (Phi) is 7.14. The normalized spacial score (nSPS) is 15.5. The Morgan fingerprint density at radius 1 is 0.848 bits per heavy atom. The smallest absolute Gasteiger partial charge is 0.253 e. The molecule has 1 fully saturated rings. The van der Waals surface area contributed by atoms with Crippen molar-refractivity contribution in [1.82, 2.24) is 9.80 Å². The minimum absolute atomic E-state index is 0.0914. The van der Waals surface area contributed by atoms with Crippen LogP contribution in [0.25, 0.3) is 0 Å². The Bertz CT molecular complexity index is 1070. The third-order valence-electron chi connectivity index (χ3n) is 6.28. The Balaban J connectivity index is 1.49. The molecule has 0 aliphatic carbocycles. The van der Waals surface area contributed by atoms with E-state index in [1.165, 1.54) is 22.3 Å². The Morgan fingerprint density at radius 2 is 1.52 bits per heavy atom. The molecule has 1 saturated heterocycles. The van der Waals surface area contributed by atoms with Crippen LogP contribution in [-0.4, -0.2) is 48.0 Å². The first-order valence-electron chi connectivity index (χ1n) is 11.8. The summed E-state index contributed by atoms with van der Waals surface area (Å²) in [5, 5.41) is 0. The average Bonchev–Trinajstić information content (AvgIpc) is 2.82. The molecule has 4 rings (SSSR count). The van der Waals surface area contributed by atoms with Gasteiger partial charge in [0.1, 0.15) is 5.75 Å². The lowest BCUT2D eigenvalue weighted by atomic mass is 9.92. The number of aryl methyl sites for hydroxylation is 2. The van der Waals surface area contributed by atoms with E-state index in [-0.39, 0.29) is 18.1 Å². The number of rotatable bonds is 6. The maximum absolute atomic E-state index is 13.1. The van der Waals surface area contributed by atoms with Crippen molar-refractivity contribution in [3.05, 3.63) is 101 Å². The highest BCUT2D eigenvalue weighted by molar-refractivity contribution is 5.94. The van der Waals surface area contributed by atoms with Gasteiger partial charge in [0.2, 0.25) is 0 Å². The molecule has 1 heterocycles. The second-order valence-electron chi connectivity index (χ2n) is 9.19. The van der Waals surface area contributed by atoms with E-state index in [2.05, 4.69) is 67.3 Å². The molecule has 1 unspecified atom stereocenters. The summed E-state index contributed by atoms with van der Waals surface area (Å²) in [6.07, 6.45) is 0.120. The summed E-state index contributed by atoms with van der Waals surface area (Å²) < 4.78 is 5.71. The van der Waals surface area contributed by atoms with Crippen molar-refractivity contribution in [3.8, 4) is 5.75 Å². The lowest BCUT2D eigenvalue weighted by Crippen LogP contribution is -2.50. The fourth-order valence-electron chi connectivity index (χ4n) is 4.59. The third-order valence-corrected chi connectivity index (χ3v) is 6.28. The van der Waals surface area contributed by atoms with Crippen LogP contribution >= 0.6 is 0 Å². The van der Waals surface area contributed by atoms with Crippen LogP contribution in [0.1, 0.15) is 52.5 Å². The molecule has 4 heteroatoms. The van der Waals surface area contributed by atoms with Crippen molar-refractivity contribution in [2.45, 2.75) is 39.8 Å². The fourth-order valence-corrected chi connectivity index (χ4v) is 4.59. The van der Waals surface area contributed by atoms with E-state index >= 15 is 0 Å². The van der Waals surface area contributed by atoms with Gasteiger partial charge in [-0.3, -0.25) is 9.69 Å². The quantitative estimate of drug-likeness (QED) is 0.495. The van der Waals surface area contributed by atoms with Crippen molar-refractivity contribution >= 4 is 5.91 Å². The van der Waals surface area contributed by atoms with Crippen LogP contribution in [0.4, 0.5) is 0 Å². The van der Waals surface area contributed by atoms with Gasteiger partial charge in [-0.1, -0.05) is 54.1 Å². The highest BCUT2D eigenvalue weighted by Gasteiger charge is 2.29. The molecule has 3 aromatic carbocycles. The monoisotopic (exact) mass is 442 g/mol. The van der Waals surface area contributed by atoms with Crippen molar-refractivity contribution < 1.29 is 9.53 Å². The van der Waals surface area contributed by atoms with E-state index in [4.69, 9.17) is 4.74 Å². The van der Waals surface area contributed by atoms with Crippen LogP contribution in [0.15, 0.2) is 72.8 Å². The predicted octanol–water partition coefficient (Wildman–Crippen LogP) is 5.64. The molecule has 33 heavy (non-hydrogen) atoms. The van der Waals surface area contributed by atoms with Gasteiger partial charge in [0, 0.05) is 31.7 Å². The Morgan fingerprint density at radius 3 is 2.15 bits per heavy atom. The van der Waals surface area contributed by atoms with E-state index in [9.17, 15) is 4.79 Å². The molecule has 172 valence electrons. The van der Waals surface area contributed by atoms with Crippen LogP contribution in [0, 0.1) is 13.8 Å². The van der Waals surface area contributed by atoms with Gasteiger partial charge < -0.3 is 9.64 Å². The molecule has 4 nitrogen and oxygen atoms in total. The number of carbonyl (C=O) groups is 1. The zero-order valence-electron chi connectivity index (χ0n) is 20.1. The highest BCUT2D eigenvalue weighted by atomic mass is 16.5. The number of amides is 1. The van der Waals surface area contributed by atoms with Gasteiger partial charge in [0.05, 0.1) is 12.1 Å². The SMILES string of the molecule is Cc1ccc(C)c(C(c2ccccc2)N2CCN(C(=O)c3ccc(OC(C)C)cc3)CC2)c1. The summed E-state index contributed by atoms with van der Waals surface area (Å²) in [7, 11) is 0. The molecule has 1 amide bonds. The lowest BCUT2D eigenvalue weighted by Gasteiger charge is -2.40. The fraction of sp³-hybridized carbons (Fsp3) is 0.345. The molecule has 1 aliphatic rings. The largest absolute Gasteiger partial charge is 0.491 e. The second-order valence-corrected chi connectivity index (χ2v) is 9.19. The average molecular weight is 443 g/mol. The van der Waals surface area contributed by atoms with Crippen LogP contribution in [-0.2, 0) is 0 Å². The van der Waals surface area contributed by atoms with E-state index in [1.807, 2.05) is 43.0 Å². The molecule has 1 atom stereocenters. The molecular weight excluding hydrogens is 408 g/mol. The number of nitrogens with zero attached hydrogens (tertiary/aromatic N) is 2. The summed E-state index contributed by atoms with van der Waals surface area (Å²) in [5.41, 5.74) is 5.94. The number of hydrogen-bond donors (Lipinski definition) is 0. The number of ether oxygens (including phenoxy) is 1. The van der Waals surface area contributed by atoms with Gasteiger partial charge in [-0.2, -0.15) is 0 Å². The highest BCUT2D eigenvalue weighted by Crippen LogP contribution is 2.32. The number of benzene rings is 3. The first-order chi connectivity index (χ1) is 15.9. The Hall–Kier alpha value is -3.11. The second kappa shape index (κ2) is 10.2. The van der Waals surface area contributed by atoms with E-state index in [0.29, 0.717) is 5.56 Å². The van der Waals surface area contributed by atoms with Gasteiger partial charge in [-0.25, -0.2) is 0 Å². The Labute approximate surface area is 197 Å². The van der Waals surface area contributed by atoms with Gasteiger partial charge >= 0.3 is 0 Å². The maximum Gasteiger partial charge on any atom is 0.253 e. The van der Waals surface area contributed by atoms with Gasteiger partial charge in [-0.05, 0) is 68.7 Å². The summed E-state index contributed by atoms with van der Waals surface area (Å²) in [4.78, 5) is 17.6. The molecule has 0 N–H and O–H groups in total. The summed E-state index contributed by atoms with van der Waals surface area (Å²) in [5.74, 6) is 0.888. The third kappa shape index (κ3) is 5.45. The molecule has 3 aromatic rings. The number of hydrogen-bond acceptors (Lipinski definition) is 3. The summed E-state index contributed by atoms with van der Waals surface area (Å²) >= 11 is 0. The molecule has 0 spiro atoms. The molecular formula is C29H34N2O2. The summed E-state index contributed by atoms with van der Waals surface area (Å²) in [6, 6.07) is 25.1. The van der Waals surface area contributed by atoms with Gasteiger partial charge in [0.25, 0.3) is 5.91 Å². The van der Waals surface area contributed by atoms with Crippen molar-refractivity contribution in [2.24, 2.45) is 0 Å². The van der Waals surface area contributed by atoms with E-state index < -0.39 is 0 Å². The van der Waals surface area contributed by atoms with Crippen LogP contribution in [0.2, 0.25) is 0 Å². The minimum Gasteiger partial charge on any atom is -0.491 e. The topological polar surface area (TPSA) is 32.8 Å². The van der Waals surface area contributed by atoms with Crippen molar-refractivity contribution in [2.75, 3.05) is 26.2 Å². The summed E-state index contributed by atoms with van der Waals surface area (Å²) in [6.45, 7) is 11.5. The van der Waals surface area contributed by atoms with Crippen molar-refractivity contribution in [1.29, 1.82) is 0 Å². The van der Waals surface area contributed by atoms with E-state index in [0.717, 1.165) is 31.9 Å². The zero-order valence-corrected chi connectivity index (χ0v) is 20.1. The first-order valence-corrected chi connectivity index (χ1v) is 11.8. The lowest BCUT2D eigenvalue weighted by molar-refractivity contribution is 0.0597. The van der Waals surface area contributed by atoms with Crippen LogP contribution in [0.3, 0.4) is 0 Å². The molecule has 0 saturated carbocycles. The van der Waals surface area contributed by atoms with Crippen molar-refractivity contribution in [3.63, 3.8) is 0 Å². The first kappa shape index (κ1) is 23.1. The molecule has 1 aliphatic heterocycles. The standard InChI is InChI=1S/C29H34N2O2/c1-21(2)33-26-14-12-25(13-15-26)29(32)31-18-16-30(17-19-31)28(24-8-6-5-7-9-24)27-20-22(3)10-11-23(27)4/h5-15,20-21,28H,16-19H2,1-4H3. The zero-order chi connectivity index (χ0) is 23.4. The van der Waals surface area contributed by atoms with Crippen LogP contribution < -0.4 is 4.74 Å². The number of carbonyl (C=O) groups excluding carboxylic acids is 1. The minimum atomic E-state index is 0.0914. The molecule has 0 radical (unpaired) electrons. The van der Waals surface area contributed by atoms with Gasteiger partial charge in [-0.15, -0.1) is 0 Å².